The van der Waals surface area contributed by atoms with Crippen LogP contribution in [0.2, 0.25) is 0 Å². The van der Waals surface area contributed by atoms with Gasteiger partial charge < -0.3 is 14.8 Å². The van der Waals surface area contributed by atoms with Gasteiger partial charge in [0.25, 0.3) is 0 Å². The maximum Gasteiger partial charge on any atom is 0.205 e. The molecule has 4 heteroatoms. The third-order valence-corrected chi connectivity index (χ3v) is 8.63. The summed E-state index contributed by atoms with van der Waals surface area (Å²) in [5.74, 6) is 0.952. The molecular formula is C32H32N4. The minimum Gasteiger partial charge on any atom is -0.347 e. The van der Waals surface area contributed by atoms with Gasteiger partial charge in [-0.1, -0.05) is 68.5 Å². The summed E-state index contributed by atoms with van der Waals surface area (Å²) in [6, 6.07) is 26.2. The van der Waals surface area contributed by atoms with E-state index in [0.29, 0.717) is 0 Å². The first-order valence-electron chi connectivity index (χ1n) is 12.9. The molecule has 4 aromatic rings. The average molecular weight is 473 g/mol. The number of benzene rings is 3. The molecule has 0 radical (unpaired) electrons. The number of nitrogens with zero attached hydrogens (tertiary/aromatic N) is 3. The number of imidazole rings is 1. The fraction of sp³-hybridized carbons (Fsp3) is 0.281. The van der Waals surface area contributed by atoms with Crippen LogP contribution in [0, 0.1) is 0 Å². The van der Waals surface area contributed by atoms with Crippen molar-refractivity contribution in [3.8, 4) is 0 Å². The van der Waals surface area contributed by atoms with Crippen LogP contribution in [-0.4, -0.2) is 15.1 Å². The molecule has 2 aliphatic heterocycles. The largest absolute Gasteiger partial charge is 0.347 e. The Morgan fingerprint density at radius 3 is 2.08 bits per heavy atom. The molecule has 0 amide bonds. The van der Waals surface area contributed by atoms with E-state index in [1.54, 1.807) is 0 Å². The lowest BCUT2D eigenvalue weighted by Gasteiger charge is -2.50. The van der Waals surface area contributed by atoms with Gasteiger partial charge in [-0.15, -0.1) is 0 Å². The third kappa shape index (κ3) is 2.67. The van der Waals surface area contributed by atoms with Gasteiger partial charge in [0, 0.05) is 11.1 Å². The van der Waals surface area contributed by atoms with Gasteiger partial charge in [-0.3, -0.25) is 0 Å². The summed E-state index contributed by atoms with van der Waals surface area (Å²) < 4.78 is 2.41. The van der Waals surface area contributed by atoms with Gasteiger partial charge in [0.2, 0.25) is 5.95 Å². The minimum atomic E-state index is -0.236. The van der Waals surface area contributed by atoms with Gasteiger partial charge in [0.1, 0.15) is 0 Å². The van der Waals surface area contributed by atoms with Crippen LogP contribution in [0.4, 0.5) is 17.3 Å². The molecule has 0 saturated carbocycles. The van der Waals surface area contributed by atoms with Crippen LogP contribution >= 0.6 is 0 Å². The van der Waals surface area contributed by atoms with Crippen molar-refractivity contribution in [2.75, 3.05) is 10.2 Å². The SMILES string of the molecule is CC1(C)Nc2nc3ccccc3n2C2(C)CC=C(N3c4ccccc4C(C)(C)c4ccccc43)C=C12. The molecule has 3 aliphatic rings. The molecule has 1 atom stereocenters. The van der Waals surface area contributed by atoms with Crippen LogP contribution in [0.15, 0.2) is 96.2 Å². The minimum absolute atomic E-state index is 0.0587. The molecule has 7 rings (SSSR count). The van der Waals surface area contributed by atoms with E-state index in [9.17, 15) is 0 Å². The molecule has 4 nitrogen and oxygen atoms in total. The Morgan fingerprint density at radius 2 is 1.39 bits per heavy atom. The molecule has 1 unspecified atom stereocenters. The van der Waals surface area contributed by atoms with Crippen molar-refractivity contribution in [1.29, 1.82) is 0 Å². The molecule has 180 valence electrons. The zero-order valence-corrected chi connectivity index (χ0v) is 21.6. The number of para-hydroxylation sites is 4. The Hall–Kier alpha value is -3.79. The summed E-state index contributed by atoms with van der Waals surface area (Å²) in [5, 5.41) is 3.76. The summed E-state index contributed by atoms with van der Waals surface area (Å²) in [6.07, 6.45) is 5.76. The van der Waals surface area contributed by atoms with Gasteiger partial charge in [-0.2, -0.15) is 0 Å². The molecule has 1 N–H and O–H groups in total. The van der Waals surface area contributed by atoms with E-state index in [-0.39, 0.29) is 16.5 Å². The number of hydrogen-bond acceptors (Lipinski definition) is 3. The second-order valence-electron chi connectivity index (χ2n) is 11.7. The van der Waals surface area contributed by atoms with E-state index < -0.39 is 0 Å². The van der Waals surface area contributed by atoms with Crippen molar-refractivity contribution in [3.63, 3.8) is 0 Å². The number of hydrogen-bond donors (Lipinski definition) is 1. The van der Waals surface area contributed by atoms with Crippen LogP contribution < -0.4 is 10.2 Å². The summed E-state index contributed by atoms with van der Waals surface area (Å²) >= 11 is 0. The molecule has 0 saturated heterocycles. The number of aromatic nitrogens is 2. The van der Waals surface area contributed by atoms with Gasteiger partial charge in [-0.25, -0.2) is 4.98 Å². The van der Waals surface area contributed by atoms with Crippen LogP contribution in [0.25, 0.3) is 11.0 Å². The lowest BCUT2D eigenvalue weighted by atomic mass is 9.71. The standard InChI is InChI=1S/C32H32N4/c1-30(2)22-12-6-9-15-25(22)35(26-16-10-7-13-23(26)30)21-18-19-32(5)28(20-21)31(3,4)34-29-33-24-14-8-11-17-27(24)36(29)32/h6-18,20H,19H2,1-5H3,(H,33,34). The van der Waals surface area contributed by atoms with Gasteiger partial charge >= 0.3 is 0 Å². The predicted molar refractivity (Wildman–Crippen MR) is 149 cm³/mol. The molecule has 0 fully saturated rings. The van der Waals surface area contributed by atoms with Crippen LogP contribution in [0.1, 0.15) is 52.2 Å². The lowest BCUT2D eigenvalue weighted by molar-refractivity contribution is 0.329. The fourth-order valence-corrected chi connectivity index (χ4v) is 6.90. The van der Waals surface area contributed by atoms with E-state index in [0.717, 1.165) is 17.9 Å². The summed E-state index contributed by atoms with van der Waals surface area (Å²) in [6.45, 7) is 11.6. The topological polar surface area (TPSA) is 33.1 Å². The van der Waals surface area contributed by atoms with Gasteiger partial charge in [-0.05, 0) is 74.2 Å². The van der Waals surface area contributed by atoms with Crippen LogP contribution in [0.3, 0.4) is 0 Å². The number of fused-ring (bicyclic) bond motifs is 7. The average Bonchev–Trinajstić information content (AvgIpc) is 3.23. The van der Waals surface area contributed by atoms with E-state index in [2.05, 4.69) is 134 Å². The lowest BCUT2D eigenvalue weighted by Crippen LogP contribution is -2.52. The zero-order chi connectivity index (χ0) is 24.9. The number of nitrogens with one attached hydrogen (secondary N) is 1. The number of rotatable bonds is 1. The highest BCUT2D eigenvalue weighted by molar-refractivity contribution is 5.84. The third-order valence-electron chi connectivity index (χ3n) is 8.63. The van der Waals surface area contributed by atoms with Crippen LogP contribution in [-0.2, 0) is 11.0 Å². The van der Waals surface area contributed by atoms with Crippen molar-refractivity contribution >= 4 is 28.4 Å². The van der Waals surface area contributed by atoms with E-state index >= 15 is 0 Å². The first kappa shape index (κ1) is 21.5. The molecule has 0 spiro atoms. The second kappa shape index (κ2) is 6.91. The molecule has 1 aliphatic carbocycles. The van der Waals surface area contributed by atoms with Crippen molar-refractivity contribution < 1.29 is 0 Å². The number of allylic oxidation sites excluding steroid dienone is 2. The van der Waals surface area contributed by atoms with E-state index in [1.165, 1.54) is 39.3 Å². The highest BCUT2D eigenvalue weighted by Gasteiger charge is 2.48. The zero-order valence-electron chi connectivity index (χ0n) is 21.6. The van der Waals surface area contributed by atoms with Crippen molar-refractivity contribution in [1.82, 2.24) is 9.55 Å². The van der Waals surface area contributed by atoms with Crippen molar-refractivity contribution in [3.05, 3.63) is 107 Å². The van der Waals surface area contributed by atoms with E-state index in [1.807, 2.05) is 0 Å². The smallest absolute Gasteiger partial charge is 0.205 e. The Balaban J connectivity index is 1.44. The first-order chi connectivity index (χ1) is 17.2. The Morgan fingerprint density at radius 1 is 0.778 bits per heavy atom. The Kier molecular flexibility index (Phi) is 4.12. The molecule has 3 heterocycles. The van der Waals surface area contributed by atoms with E-state index in [4.69, 9.17) is 4.98 Å². The predicted octanol–water partition coefficient (Wildman–Crippen LogP) is 7.65. The Labute approximate surface area is 213 Å². The number of anilines is 3. The molecule has 0 bridgehead atoms. The maximum absolute atomic E-state index is 4.96. The monoisotopic (exact) mass is 472 g/mol. The Bertz CT molecular complexity index is 1570. The summed E-state index contributed by atoms with van der Waals surface area (Å²) in [4.78, 5) is 7.44. The van der Waals surface area contributed by atoms with Crippen LogP contribution in [0.5, 0.6) is 0 Å². The summed E-state index contributed by atoms with van der Waals surface area (Å²) in [5.41, 5.74) is 9.59. The first-order valence-corrected chi connectivity index (χ1v) is 12.9. The highest BCUT2D eigenvalue weighted by atomic mass is 15.3. The normalized spacial score (nSPS) is 23.0. The molecule has 1 aromatic heterocycles. The van der Waals surface area contributed by atoms with Crippen molar-refractivity contribution in [2.45, 2.75) is 57.5 Å². The maximum atomic E-state index is 4.96. The summed E-state index contributed by atoms with van der Waals surface area (Å²) in [7, 11) is 0. The second-order valence-corrected chi connectivity index (χ2v) is 11.7. The fourth-order valence-electron chi connectivity index (χ4n) is 6.90. The van der Waals surface area contributed by atoms with Crippen molar-refractivity contribution in [2.24, 2.45) is 0 Å². The molecule has 36 heavy (non-hydrogen) atoms. The molecule has 3 aromatic carbocycles. The van der Waals surface area contributed by atoms with Gasteiger partial charge in [0.05, 0.1) is 33.5 Å². The van der Waals surface area contributed by atoms with Gasteiger partial charge in [0.15, 0.2) is 0 Å². The quantitative estimate of drug-likeness (QED) is 0.309. The highest BCUT2D eigenvalue weighted by Crippen LogP contribution is 2.53. The molecular weight excluding hydrogens is 440 g/mol.